The third-order valence-electron chi connectivity index (χ3n) is 2.17. The SMILES string of the molecule is O=C1CSC(=O)N1NCc1ccccc1O. The van der Waals surface area contributed by atoms with Crippen molar-refractivity contribution in [3.63, 3.8) is 0 Å². The number of carbonyl (C=O) groups excluding carboxylic acids is 2. The van der Waals surface area contributed by atoms with Crippen molar-refractivity contribution in [1.82, 2.24) is 10.4 Å². The molecule has 1 aromatic carbocycles. The van der Waals surface area contributed by atoms with E-state index in [0.29, 0.717) is 5.56 Å². The van der Waals surface area contributed by atoms with Gasteiger partial charge in [-0.3, -0.25) is 9.59 Å². The third kappa shape index (κ3) is 2.17. The van der Waals surface area contributed by atoms with Gasteiger partial charge in [0.1, 0.15) is 5.75 Å². The van der Waals surface area contributed by atoms with Crippen LogP contribution in [0.25, 0.3) is 0 Å². The first-order valence-corrected chi connectivity index (χ1v) is 5.67. The van der Waals surface area contributed by atoms with Gasteiger partial charge in [-0.05, 0) is 6.07 Å². The predicted molar refractivity (Wildman–Crippen MR) is 59.6 cm³/mol. The number of rotatable bonds is 3. The second-order valence-corrected chi connectivity index (χ2v) is 4.17. The van der Waals surface area contributed by atoms with Gasteiger partial charge in [0.25, 0.3) is 5.91 Å². The van der Waals surface area contributed by atoms with Crippen molar-refractivity contribution in [2.45, 2.75) is 6.54 Å². The van der Waals surface area contributed by atoms with E-state index < -0.39 is 0 Å². The standard InChI is InChI=1S/C10H10N2O3S/c13-8-4-2-1-3-7(8)5-11-12-9(14)6-16-10(12)15/h1-4,11,13H,5-6H2. The highest BCUT2D eigenvalue weighted by Gasteiger charge is 2.29. The molecule has 0 unspecified atom stereocenters. The van der Waals surface area contributed by atoms with Gasteiger partial charge in [0.15, 0.2) is 0 Å². The number of para-hydroxylation sites is 1. The summed E-state index contributed by atoms with van der Waals surface area (Å²) in [4.78, 5) is 22.5. The summed E-state index contributed by atoms with van der Waals surface area (Å²) in [5.41, 5.74) is 3.33. The molecular weight excluding hydrogens is 228 g/mol. The fraction of sp³-hybridized carbons (Fsp3) is 0.200. The number of hydrogen-bond donors (Lipinski definition) is 2. The summed E-state index contributed by atoms with van der Waals surface area (Å²) in [6, 6.07) is 6.76. The van der Waals surface area contributed by atoms with Crippen LogP contribution >= 0.6 is 11.8 Å². The summed E-state index contributed by atoms with van der Waals surface area (Å²) in [7, 11) is 0. The fourth-order valence-corrected chi connectivity index (χ4v) is 2.00. The number of imide groups is 1. The highest BCUT2D eigenvalue weighted by atomic mass is 32.2. The minimum Gasteiger partial charge on any atom is -0.508 e. The first-order valence-electron chi connectivity index (χ1n) is 4.68. The van der Waals surface area contributed by atoms with Gasteiger partial charge in [-0.15, -0.1) is 0 Å². The molecular formula is C10H10N2O3S. The summed E-state index contributed by atoms with van der Waals surface area (Å²) in [5.74, 6) is 0.0549. The molecule has 0 spiro atoms. The van der Waals surface area contributed by atoms with Crippen LogP contribution in [0.2, 0.25) is 0 Å². The Morgan fingerprint density at radius 1 is 1.38 bits per heavy atom. The Morgan fingerprint density at radius 3 is 2.75 bits per heavy atom. The van der Waals surface area contributed by atoms with Crippen molar-refractivity contribution in [2.75, 3.05) is 5.75 Å². The van der Waals surface area contributed by atoms with E-state index in [1.54, 1.807) is 24.3 Å². The Morgan fingerprint density at radius 2 is 2.12 bits per heavy atom. The number of thioether (sulfide) groups is 1. The molecule has 0 bridgehead atoms. The number of amides is 2. The molecule has 1 aliphatic heterocycles. The summed E-state index contributed by atoms with van der Waals surface area (Å²) < 4.78 is 0. The van der Waals surface area contributed by atoms with Crippen LogP contribution in [0.4, 0.5) is 4.79 Å². The number of nitrogens with one attached hydrogen (secondary N) is 1. The minimum absolute atomic E-state index is 0.141. The van der Waals surface area contributed by atoms with Crippen molar-refractivity contribution in [3.8, 4) is 5.75 Å². The quantitative estimate of drug-likeness (QED) is 0.825. The molecule has 5 nitrogen and oxygen atoms in total. The molecule has 2 rings (SSSR count). The van der Waals surface area contributed by atoms with Crippen LogP contribution in [-0.4, -0.2) is 27.0 Å². The summed E-state index contributed by atoms with van der Waals surface area (Å²) in [6.07, 6.45) is 0. The van der Waals surface area contributed by atoms with E-state index in [2.05, 4.69) is 5.43 Å². The molecule has 0 saturated carbocycles. The number of phenolic OH excluding ortho intramolecular Hbond substituents is 1. The number of aromatic hydroxyl groups is 1. The Hall–Kier alpha value is -1.53. The number of carbonyl (C=O) groups is 2. The van der Waals surface area contributed by atoms with Crippen LogP contribution in [-0.2, 0) is 11.3 Å². The molecule has 1 heterocycles. The molecule has 1 aliphatic rings. The molecule has 1 saturated heterocycles. The summed E-state index contributed by atoms with van der Waals surface area (Å²) in [5, 5.41) is 10.2. The minimum atomic E-state index is -0.305. The van der Waals surface area contributed by atoms with Gasteiger partial charge in [0.05, 0.1) is 5.75 Å². The Balaban J connectivity index is 2.00. The van der Waals surface area contributed by atoms with Crippen molar-refractivity contribution >= 4 is 22.9 Å². The van der Waals surface area contributed by atoms with E-state index in [0.717, 1.165) is 16.8 Å². The maximum atomic E-state index is 11.3. The molecule has 0 radical (unpaired) electrons. The van der Waals surface area contributed by atoms with E-state index in [1.807, 2.05) is 0 Å². The van der Waals surface area contributed by atoms with Crippen LogP contribution in [0.15, 0.2) is 24.3 Å². The summed E-state index contributed by atoms with van der Waals surface area (Å²) >= 11 is 0.965. The Kier molecular flexibility index (Phi) is 3.12. The lowest BCUT2D eigenvalue weighted by molar-refractivity contribution is -0.126. The van der Waals surface area contributed by atoms with Crippen LogP contribution in [0.1, 0.15) is 5.56 Å². The third-order valence-corrected chi connectivity index (χ3v) is 2.99. The first-order chi connectivity index (χ1) is 7.68. The molecule has 0 aliphatic carbocycles. The smallest absolute Gasteiger partial charge is 0.303 e. The van der Waals surface area contributed by atoms with Crippen molar-refractivity contribution < 1.29 is 14.7 Å². The number of benzene rings is 1. The van der Waals surface area contributed by atoms with Crippen LogP contribution in [0.3, 0.4) is 0 Å². The van der Waals surface area contributed by atoms with E-state index in [4.69, 9.17) is 0 Å². The molecule has 1 aromatic rings. The van der Waals surface area contributed by atoms with Gasteiger partial charge in [-0.25, -0.2) is 10.4 Å². The topological polar surface area (TPSA) is 69.6 Å². The maximum Gasteiger partial charge on any atom is 0.303 e. The van der Waals surface area contributed by atoms with Crippen LogP contribution < -0.4 is 5.43 Å². The molecule has 2 N–H and O–H groups in total. The Labute approximate surface area is 96.4 Å². The number of phenols is 1. The molecule has 16 heavy (non-hydrogen) atoms. The van der Waals surface area contributed by atoms with Gasteiger partial charge < -0.3 is 5.11 Å². The molecule has 2 amide bonds. The average Bonchev–Trinajstić information content (AvgIpc) is 2.58. The van der Waals surface area contributed by atoms with Gasteiger partial charge in [0, 0.05) is 12.1 Å². The molecule has 84 valence electrons. The molecule has 0 atom stereocenters. The monoisotopic (exact) mass is 238 g/mol. The van der Waals surface area contributed by atoms with E-state index in [1.165, 1.54) is 0 Å². The summed E-state index contributed by atoms with van der Waals surface area (Å²) in [6.45, 7) is 0.241. The maximum absolute atomic E-state index is 11.3. The zero-order valence-electron chi connectivity index (χ0n) is 8.34. The van der Waals surface area contributed by atoms with Crippen LogP contribution in [0.5, 0.6) is 5.75 Å². The number of hydrogen-bond acceptors (Lipinski definition) is 5. The molecule has 0 aromatic heterocycles. The lowest BCUT2D eigenvalue weighted by atomic mass is 10.2. The lowest BCUT2D eigenvalue weighted by Gasteiger charge is -2.14. The largest absolute Gasteiger partial charge is 0.508 e. The van der Waals surface area contributed by atoms with Gasteiger partial charge in [0.2, 0.25) is 0 Å². The van der Waals surface area contributed by atoms with Crippen molar-refractivity contribution in [1.29, 1.82) is 0 Å². The number of nitrogens with zero attached hydrogens (tertiary/aromatic N) is 1. The lowest BCUT2D eigenvalue weighted by Crippen LogP contribution is -2.41. The molecule has 6 heteroatoms. The second-order valence-electron chi connectivity index (χ2n) is 3.25. The Bertz CT molecular complexity index is 420. The van der Waals surface area contributed by atoms with Gasteiger partial charge in [-0.2, -0.15) is 0 Å². The highest BCUT2D eigenvalue weighted by molar-refractivity contribution is 8.14. The van der Waals surface area contributed by atoms with Crippen molar-refractivity contribution in [3.05, 3.63) is 29.8 Å². The van der Waals surface area contributed by atoms with Gasteiger partial charge >= 0.3 is 5.24 Å². The van der Waals surface area contributed by atoms with E-state index >= 15 is 0 Å². The first kappa shape index (κ1) is 11.0. The zero-order chi connectivity index (χ0) is 11.5. The predicted octanol–water partition coefficient (Wildman–Crippen LogP) is 1.09. The second kappa shape index (κ2) is 4.54. The zero-order valence-corrected chi connectivity index (χ0v) is 9.16. The van der Waals surface area contributed by atoms with E-state index in [9.17, 15) is 14.7 Å². The molecule has 1 fully saturated rings. The van der Waals surface area contributed by atoms with E-state index in [-0.39, 0.29) is 29.2 Å². The average molecular weight is 238 g/mol. The number of hydrazine groups is 1. The van der Waals surface area contributed by atoms with Gasteiger partial charge in [-0.1, -0.05) is 30.0 Å². The fourth-order valence-electron chi connectivity index (χ4n) is 1.33. The highest BCUT2D eigenvalue weighted by Crippen LogP contribution is 2.19. The normalized spacial score (nSPS) is 15.9. The van der Waals surface area contributed by atoms with Crippen molar-refractivity contribution in [2.24, 2.45) is 0 Å². The van der Waals surface area contributed by atoms with Crippen LogP contribution in [0, 0.1) is 0 Å².